The lowest BCUT2D eigenvalue weighted by Crippen LogP contribution is -2.53. The number of carbonyl (C=O) groups excluding carboxylic acids is 4. The van der Waals surface area contributed by atoms with Crippen molar-refractivity contribution in [2.75, 3.05) is 19.1 Å². The highest BCUT2D eigenvalue weighted by Crippen LogP contribution is 2.66. The van der Waals surface area contributed by atoms with Crippen LogP contribution in [-0.4, -0.2) is 47.9 Å². The molecular formula is C41H35ClN2O7. The monoisotopic (exact) mass is 702 g/mol. The van der Waals surface area contributed by atoms with Crippen LogP contribution >= 0.6 is 11.6 Å². The van der Waals surface area contributed by atoms with Crippen molar-refractivity contribution in [3.05, 3.63) is 130 Å². The summed E-state index contributed by atoms with van der Waals surface area (Å²) in [5, 5.41) is 12.2. The number of halogens is 1. The largest absolute Gasteiger partial charge is 0.507 e. The standard InChI is InChI=1S/C41H35ClN2O7/c1-50-27-19-32(45)35(33(20-27)51-2)36-28-16-17-29-34(39(48)43(37(29)46)22-23-10-5-3-6-11-23)30(28)21-31-38(47)44(26-15-9-14-25(42)18-26)40(49)41(31,36)24-12-7-4-8-13-24/h3-16,18-20,29-31,34,36,45H,17,21-22H2,1-2H3. The number of methoxy groups -OCH3 is 2. The molecule has 4 amide bonds. The number of amides is 4. The number of carbonyl (C=O) groups is 4. The second-order valence-electron chi connectivity index (χ2n) is 13.6. The molecule has 0 aromatic heterocycles. The third-order valence-corrected chi connectivity index (χ3v) is 11.5. The van der Waals surface area contributed by atoms with E-state index in [1.165, 1.54) is 30.1 Å². The van der Waals surface area contributed by atoms with Gasteiger partial charge in [-0.3, -0.25) is 24.1 Å². The number of anilines is 1. The van der Waals surface area contributed by atoms with Crippen molar-refractivity contribution in [1.29, 1.82) is 0 Å². The number of benzene rings is 4. The second kappa shape index (κ2) is 12.4. The van der Waals surface area contributed by atoms with Crippen LogP contribution in [0.4, 0.5) is 5.69 Å². The van der Waals surface area contributed by atoms with Gasteiger partial charge in [0.1, 0.15) is 17.2 Å². The Kier molecular flexibility index (Phi) is 7.98. The van der Waals surface area contributed by atoms with E-state index in [0.717, 1.165) is 5.56 Å². The predicted molar refractivity (Wildman–Crippen MR) is 189 cm³/mol. The van der Waals surface area contributed by atoms with Gasteiger partial charge in [0.2, 0.25) is 23.6 Å². The van der Waals surface area contributed by atoms with Gasteiger partial charge >= 0.3 is 0 Å². The zero-order chi connectivity index (χ0) is 35.6. The first-order chi connectivity index (χ1) is 24.7. The van der Waals surface area contributed by atoms with E-state index in [-0.39, 0.29) is 42.7 Å². The van der Waals surface area contributed by atoms with Crippen molar-refractivity contribution < 1.29 is 33.8 Å². The molecule has 0 bridgehead atoms. The topological polar surface area (TPSA) is 113 Å². The van der Waals surface area contributed by atoms with Crippen molar-refractivity contribution in [3.8, 4) is 17.2 Å². The molecule has 4 aromatic carbocycles. The molecule has 9 nitrogen and oxygen atoms in total. The minimum atomic E-state index is -1.56. The average molecular weight is 703 g/mol. The molecule has 8 rings (SSSR count). The van der Waals surface area contributed by atoms with E-state index in [1.54, 1.807) is 30.3 Å². The summed E-state index contributed by atoms with van der Waals surface area (Å²) in [7, 11) is 2.94. The maximum atomic E-state index is 15.4. The lowest BCUT2D eigenvalue weighted by atomic mass is 9.49. The molecule has 2 saturated heterocycles. The van der Waals surface area contributed by atoms with Gasteiger partial charge in [0.05, 0.1) is 49.6 Å². The summed E-state index contributed by atoms with van der Waals surface area (Å²) in [6.45, 7) is 0.140. The van der Waals surface area contributed by atoms with Gasteiger partial charge in [-0.25, -0.2) is 4.90 Å². The number of imide groups is 2. The fourth-order valence-electron chi connectivity index (χ4n) is 9.21. The zero-order valence-electron chi connectivity index (χ0n) is 28.0. The number of hydrogen-bond donors (Lipinski definition) is 1. The van der Waals surface area contributed by atoms with Crippen LogP contribution in [0.1, 0.15) is 35.4 Å². The summed E-state index contributed by atoms with van der Waals surface area (Å²) in [6.07, 6.45) is 2.35. The van der Waals surface area contributed by atoms with Crippen LogP contribution in [0.3, 0.4) is 0 Å². The third kappa shape index (κ3) is 4.82. The fraction of sp³-hybridized carbons (Fsp3) is 0.268. The van der Waals surface area contributed by atoms with Crippen LogP contribution in [-0.2, 0) is 31.1 Å². The Morgan fingerprint density at radius 1 is 0.824 bits per heavy atom. The van der Waals surface area contributed by atoms with E-state index in [2.05, 4.69) is 0 Å². The smallest absolute Gasteiger partial charge is 0.246 e. The lowest BCUT2D eigenvalue weighted by Gasteiger charge is -2.51. The second-order valence-corrected chi connectivity index (χ2v) is 14.0. The molecule has 6 unspecified atom stereocenters. The highest BCUT2D eigenvalue weighted by atomic mass is 35.5. The SMILES string of the molecule is COc1cc(O)c(C2C3=CCC4C(=O)N(Cc5ccccc5)C(=O)C4C3CC3C(=O)N(c4cccc(Cl)c4)C(=O)C32c2ccccc2)c(OC)c1. The average Bonchev–Trinajstić information content (AvgIpc) is 3.52. The number of allylic oxidation sites excluding steroid dienone is 2. The van der Waals surface area contributed by atoms with E-state index in [1.807, 2.05) is 66.7 Å². The number of hydrogen-bond acceptors (Lipinski definition) is 7. The Bertz CT molecular complexity index is 2120. The van der Waals surface area contributed by atoms with Gasteiger partial charge in [-0.2, -0.15) is 0 Å². The van der Waals surface area contributed by atoms with E-state index in [4.69, 9.17) is 21.1 Å². The number of phenols is 1. The first kappa shape index (κ1) is 32.8. The molecule has 10 heteroatoms. The van der Waals surface area contributed by atoms with Crippen molar-refractivity contribution >= 4 is 40.9 Å². The summed E-state index contributed by atoms with van der Waals surface area (Å²) in [5.74, 6) is -4.96. The molecule has 3 fully saturated rings. The Balaban J connectivity index is 1.37. The van der Waals surface area contributed by atoms with Gasteiger partial charge < -0.3 is 14.6 Å². The number of aromatic hydroxyl groups is 1. The molecule has 258 valence electrons. The van der Waals surface area contributed by atoms with Crippen LogP contribution in [0.25, 0.3) is 0 Å². The minimum absolute atomic E-state index is 0.136. The highest BCUT2D eigenvalue weighted by molar-refractivity contribution is 6.32. The molecule has 51 heavy (non-hydrogen) atoms. The molecule has 1 saturated carbocycles. The molecule has 4 aromatic rings. The minimum Gasteiger partial charge on any atom is -0.507 e. The number of ether oxygens (including phenoxy) is 2. The molecule has 0 radical (unpaired) electrons. The van der Waals surface area contributed by atoms with Crippen molar-refractivity contribution in [1.82, 2.24) is 4.90 Å². The fourth-order valence-corrected chi connectivity index (χ4v) is 9.39. The molecule has 4 aliphatic rings. The zero-order valence-corrected chi connectivity index (χ0v) is 28.7. The Hall–Kier alpha value is -5.41. The van der Waals surface area contributed by atoms with E-state index >= 15 is 4.79 Å². The van der Waals surface area contributed by atoms with Crippen LogP contribution < -0.4 is 14.4 Å². The maximum Gasteiger partial charge on any atom is 0.246 e. The number of fused-ring (bicyclic) bond motifs is 4. The Morgan fingerprint density at radius 2 is 1.55 bits per heavy atom. The summed E-state index contributed by atoms with van der Waals surface area (Å²) in [4.78, 5) is 61.3. The lowest BCUT2D eigenvalue weighted by molar-refractivity contribution is -0.141. The first-order valence-electron chi connectivity index (χ1n) is 16.9. The first-order valence-corrected chi connectivity index (χ1v) is 17.3. The molecule has 0 spiro atoms. The third-order valence-electron chi connectivity index (χ3n) is 11.3. The molecule has 1 N–H and O–H groups in total. The van der Waals surface area contributed by atoms with Crippen LogP contribution in [0.2, 0.25) is 5.02 Å². The van der Waals surface area contributed by atoms with Crippen molar-refractivity contribution in [2.45, 2.75) is 30.7 Å². The normalized spacial score (nSPS) is 26.8. The summed E-state index contributed by atoms with van der Waals surface area (Å²) < 4.78 is 11.4. The molecule has 2 aliphatic carbocycles. The molecular weight excluding hydrogens is 668 g/mol. The molecule has 2 aliphatic heterocycles. The van der Waals surface area contributed by atoms with E-state index < -0.39 is 46.8 Å². The maximum absolute atomic E-state index is 15.4. The van der Waals surface area contributed by atoms with Gasteiger partial charge in [-0.05, 0) is 48.1 Å². The molecule has 6 atom stereocenters. The summed E-state index contributed by atoms with van der Waals surface area (Å²) in [5.41, 5.74) is 1.19. The quantitative estimate of drug-likeness (QED) is 0.175. The number of likely N-dealkylation sites (tertiary alicyclic amines) is 1. The summed E-state index contributed by atoms with van der Waals surface area (Å²) in [6, 6.07) is 28.2. The molecule has 2 heterocycles. The predicted octanol–water partition coefficient (Wildman–Crippen LogP) is 6.43. The van der Waals surface area contributed by atoms with E-state index in [9.17, 15) is 19.5 Å². The van der Waals surface area contributed by atoms with Crippen LogP contribution in [0, 0.1) is 23.7 Å². The Morgan fingerprint density at radius 3 is 2.24 bits per heavy atom. The van der Waals surface area contributed by atoms with Gasteiger partial charge in [0.15, 0.2) is 0 Å². The van der Waals surface area contributed by atoms with Gasteiger partial charge in [0.25, 0.3) is 0 Å². The van der Waals surface area contributed by atoms with Crippen molar-refractivity contribution in [2.24, 2.45) is 23.7 Å². The van der Waals surface area contributed by atoms with Gasteiger partial charge in [-0.1, -0.05) is 90.0 Å². The van der Waals surface area contributed by atoms with Gasteiger partial charge in [0, 0.05) is 28.6 Å². The van der Waals surface area contributed by atoms with E-state index in [0.29, 0.717) is 33.2 Å². The van der Waals surface area contributed by atoms with Crippen LogP contribution in [0.5, 0.6) is 17.2 Å². The highest BCUT2D eigenvalue weighted by Gasteiger charge is 2.71. The Labute approximate surface area is 300 Å². The van der Waals surface area contributed by atoms with Gasteiger partial charge in [-0.15, -0.1) is 0 Å². The number of rotatable bonds is 7. The summed E-state index contributed by atoms with van der Waals surface area (Å²) >= 11 is 6.40. The van der Waals surface area contributed by atoms with Crippen molar-refractivity contribution in [3.63, 3.8) is 0 Å². The number of phenolic OH excluding ortho intramolecular Hbond substituents is 1. The van der Waals surface area contributed by atoms with Crippen LogP contribution in [0.15, 0.2) is 109 Å². The number of nitrogens with zero attached hydrogens (tertiary/aromatic N) is 2.